The van der Waals surface area contributed by atoms with Gasteiger partial charge in [-0.1, -0.05) is 15.9 Å². The molecule has 1 amide bonds. The Balaban J connectivity index is 2.65. The molecule has 0 aliphatic heterocycles. The second-order valence-electron chi connectivity index (χ2n) is 3.65. The summed E-state index contributed by atoms with van der Waals surface area (Å²) in [5.41, 5.74) is 0.727. The first kappa shape index (κ1) is 14.6. The largest absolute Gasteiger partial charge is 0.383 e. The summed E-state index contributed by atoms with van der Waals surface area (Å²) in [5, 5.41) is 12.3. The zero-order valence-electron chi connectivity index (χ0n) is 10.0. The van der Waals surface area contributed by atoms with Crippen LogP contribution in [-0.4, -0.2) is 36.0 Å². The van der Waals surface area contributed by atoms with E-state index in [4.69, 9.17) is 10.00 Å². The van der Waals surface area contributed by atoms with Gasteiger partial charge in [0.2, 0.25) is 0 Å². The van der Waals surface area contributed by atoms with Crippen molar-refractivity contribution in [2.24, 2.45) is 0 Å². The summed E-state index contributed by atoms with van der Waals surface area (Å²) >= 11 is 3.33. The second kappa shape index (κ2) is 7.80. The molecule has 0 aliphatic carbocycles. The van der Waals surface area contributed by atoms with Gasteiger partial charge in [0.15, 0.2) is 0 Å². The van der Waals surface area contributed by atoms with E-state index in [0.29, 0.717) is 17.9 Å². The number of nitrogens with one attached hydrogen (secondary N) is 1. The Bertz CT molecular complexity index is 422. The topological polar surface area (TPSA) is 75.0 Å². The highest BCUT2D eigenvalue weighted by Crippen LogP contribution is 2.02. The average Bonchev–Trinajstić information content (AvgIpc) is 2.39. The molecule has 0 aliphatic rings. The third-order valence-corrected chi connectivity index (χ3v) is 2.74. The van der Waals surface area contributed by atoms with E-state index in [2.05, 4.69) is 26.2 Å². The highest BCUT2D eigenvalue weighted by molar-refractivity contribution is 9.09. The normalized spacial score (nSPS) is 11.6. The predicted octanol–water partition coefficient (Wildman–Crippen LogP) is 1.48. The highest BCUT2D eigenvalue weighted by Gasteiger charge is 2.14. The highest BCUT2D eigenvalue weighted by atomic mass is 79.9. The van der Waals surface area contributed by atoms with E-state index in [1.807, 2.05) is 6.07 Å². The molecular weight excluding hydrogens is 298 g/mol. The van der Waals surface area contributed by atoms with E-state index in [-0.39, 0.29) is 11.9 Å². The van der Waals surface area contributed by atoms with Crippen LogP contribution in [-0.2, 0) is 4.74 Å². The molecule has 6 heteroatoms. The van der Waals surface area contributed by atoms with Crippen LogP contribution in [0.25, 0.3) is 0 Å². The summed E-state index contributed by atoms with van der Waals surface area (Å²) in [6.45, 7) is 0.452. The fourth-order valence-corrected chi connectivity index (χ4v) is 1.94. The summed E-state index contributed by atoms with van der Waals surface area (Å²) in [5.74, 6) is -0.262. The molecule has 1 aromatic rings. The van der Waals surface area contributed by atoms with Gasteiger partial charge < -0.3 is 10.1 Å². The standard InChI is InChI=1S/C12H14BrN3O2/c1-18-8-10(4-5-13)16-12(17)11-3-2-9(6-14)7-15-11/h2-3,7,10H,4-5,8H2,1H3,(H,16,17). The van der Waals surface area contributed by atoms with Crippen molar-refractivity contribution in [2.75, 3.05) is 19.0 Å². The van der Waals surface area contributed by atoms with E-state index in [1.54, 1.807) is 13.2 Å². The van der Waals surface area contributed by atoms with Crippen molar-refractivity contribution in [2.45, 2.75) is 12.5 Å². The van der Waals surface area contributed by atoms with E-state index in [0.717, 1.165) is 11.8 Å². The zero-order valence-corrected chi connectivity index (χ0v) is 11.6. The number of carbonyl (C=O) groups excluding carboxylic acids is 1. The summed E-state index contributed by atoms with van der Waals surface area (Å²) in [6.07, 6.45) is 2.15. The average molecular weight is 312 g/mol. The van der Waals surface area contributed by atoms with Gasteiger partial charge in [0.1, 0.15) is 11.8 Å². The molecule has 0 saturated carbocycles. The molecular formula is C12H14BrN3O2. The third kappa shape index (κ3) is 4.43. The number of halogens is 1. The van der Waals surface area contributed by atoms with Crippen LogP contribution < -0.4 is 5.32 Å². The van der Waals surface area contributed by atoms with Gasteiger partial charge in [0.05, 0.1) is 18.2 Å². The first-order chi connectivity index (χ1) is 8.71. The number of hydrogen-bond acceptors (Lipinski definition) is 4. The van der Waals surface area contributed by atoms with Crippen molar-refractivity contribution >= 4 is 21.8 Å². The quantitative estimate of drug-likeness (QED) is 0.808. The fraction of sp³-hybridized carbons (Fsp3) is 0.417. The van der Waals surface area contributed by atoms with Crippen molar-refractivity contribution in [1.29, 1.82) is 5.26 Å². The summed E-state index contributed by atoms with van der Waals surface area (Å²) < 4.78 is 5.03. The van der Waals surface area contributed by atoms with Crippen molar-refractivity contribution in [3.8, 4) is 6.07 Å². The fourth-order valence-electron chi connectivity index (χ4n) is 1.38. The van der Waals surface area contributed by atoms with Gasteiger partial charge in [-0.25, -0.2) is 4.98 Å². The van der Waals surface area contributed by atoms with Crippen LogP contribution in [0.15, 0.2) is 18.3 Å². The number of amides is 1. The number of hydrogen-bond donors (Lipinski definition) is 1. The lowest BCUT2D eigenvalue weighted by atomic mass is 10.2. The molecule has 1 rings (SSSR count). The van der Waals surface area contributed by atoms with Gasteiger partial charge in [-0.3, -0.25) is 4.79 Å². The smallest absolute Gasteiger partial charge is 0.270 e. The zero-order chi connectivity index (χ0) is 13.4. The molecule has 1 N–H and O–H groups in total. The van der Waals surface area contributed by atoms with Gasteiger partial charge in [-0.05, 0) is 18.6 Å². The Labute approximate surface area is 114 Å². The Morgan fingerprint density at radius 1 is 1.67 bits per heavy atom. The number of methoxy groups -OCH3 is 1. The molecule has 0 bridgehead atoms. The molecule has 1 atom stereocenters. The van der Waals surface area contributed by atoms with Crippen molar-refractivity contribution in [3.05, 3.63) is 29.6 Å². The maximum absolute atomic E-state index is 11.9. The van der Waals surface area contributed by atoms with Crippen LogP contribution >= 0.6 is 15.9 Å². The van der Waals surface area contributed by atoms with Crippen LogP contribution in [0.5, 0.6) is 0 Å². The SMILES string of the molecule is COCC(CCBr)NC(=O)c1ccc(C#N)cn1. The summed E-state index contributed by atoms with van der Waals surface area (Å²) in [4.78, 5) is 15.8. The minimum absolute atomic E-state index is 0.0562. The Kier molecular flexibility index (Phi) is 6.33. The molecule has 0 spiro atoms. The number of carbonyl (C=O) groups is 1. The van der Waals surface area contributed by atoms with E-state index >= 15 is 0 Å². The maximum Gasteiger partial charge on any atom is 0.270 e. The number of ether oxygens (including phenoxy) is 1. The summed E-state index contributed by atoms with van der Waals surface area (Å²) in [6, 6.07) is 5.00. The minimum Gasteiger partial charge on any atom is -0.383 e. The lowest BCUT2D eigenvalue weighted by Gasteiger charge is -2.16. The molecule has 0 aromatic carbocycles. The van der Waals surface area contributed by atoms with Gasteiger partial charge in [-0.15, -0.1) is 0 Å². The maximum atomic E-state index is 11.9. The number of aromatic nitrogens is 1. The van der Waals surface area contributed by atoms with Crippen LogP contribution in [0.1, 0.15) is 22.5 Å². The number of alkyl halides is 1. The second-order valence-corrected chi connectivity index (χ2v) is 4.44. The molecule has 5 nitrogen and oxygen atoms in total. The van der Waals surface area contributed by atoms with Gasteiger partial charge in [0, 0.05) is 18.6 Å². The molecule has 18 heavy (non-hydrogen) atoms. The Morgan fingerprint density at radius 3 is 2.94 bits per heavy atom. The van der Waals surface area contributed by atoms with Crippen LogP contribution in [0, 0.1) is 11.3 Å². The lowest BCUT2D eigenvalue weighted by molar-refractivity contribution is 0.0890. The third-order valence-electron chi connectivity index (χ3n) is 2.29. The monoisotopic (exact) mass is 311 g/mol. The Morgan fingerprint density at radius 2 is 2.44 bits per heavy atom. The molecule has 0 saturated heterocycles. The molecule has 1 aromatic heterocycles. The van der Waals surface area contributed by atoms with Crippen molar-refractivity contribution in [3.63, 3.8) is 0 Å². The van der Waals surface area contributed by atoms with Gasteiger partial charge in [-0.2, -0.15) is 5.26 Å². The van der Waals surface area contributed by atoms with Crippen LogP contribution in [0.4, 0.5) is 0 Å². The van der Waals surface area contributed by atoms with Gasteiger partial charge >= 0.3 is 0 Å². The van der Waals surface area contributed by atoms with E-state index < -0.39 is 0 Å². The number of rotatable bonds is 6. The molecule has 96 valence electrons. The van der Waals surface area contributed by atoms with E-state index in [9.17, 15) is 4.79 Å². The van der Waals surface area contributed by atoms with Crippen molar-refractivity contribution in [1.82, 2.24) is 10.3 Å². The lowest BCUT2D eigenvalue weighted by Crippen LogP contribution is -2.38. The van der Waals surface area contributed by atoms with Crippen LogP contribution in [0.2, 0.25) is 0 Å². The molecule has 0 radical (unpaired) electrons. The first-order valence-corrected chi connectivity index (χ1v) is 6.55. The number of pyridine rings is 1. The predicted molar refractivity (Wildman–Crippen MR) is 70.5 cm³/mol. The molecule has 0 fully saturated rings. The molecule has 1 unspecified atom stereocenters. The number of nitrogens with zero attached hydrogens (tertiary/aromatic N) is 2. The van der Waals surface area contributed by atoms with E-state index in [1.165, 1.54) is 12.3 Å². The van der Waals surface area contributed by atoms with Crippen molar-refractivity contribution < 1.29 is 9.53 Å². The van der Waals surface area contributed by atoms with Crippen LogP contribution in [0.3, 0.4) is 0 Å². The molecule has 1 heterocycles. The Hall–Kier alpha value is -1.45. The first-order valence-electron chi connectivity index (χ1n) is 5.43. The summed E-state index contributed by atoms with van der Waals surface area (Å²) in [7, 11) is 1.59. The number of nitriles is 1. The van der Waals surface area contributed by atoms with Gasteiger partial charge in [0.25, 0.3) is 5.91 Å². The minimum atomic E-state index is -0.262.